The third kappa shape index (κ3) is 5.08. The highest BCUT2D eigenvalue weighted by Gasteiger charge is 2.17. The highest BCUT2D eigenvalue weighted by molar-refractivity contribution is 5.84. The first-order valence-corrected chi connectivity index (χ1v) is 8.34. The van der Waals surface area contributed by atoms with Gasteiger partial charge in [-0.3, -0.25) is 4.79 Å². The first-order valence-electron chi connectivity index (χ1n) is 8.34. The quantitative estimate of drug-likeness (QED) is 0.824. The van der Waals surface area contributed by atoms with Crippen molar-refractivity contribution >= 4 is 11.6 Å². The number of rotatable bonds is 7. The van der Waals surface area contributed by atoms with Crippen LogP contribution >= 0.6 is 0 Å². The topological polar surface area (TPSA) is 32.3 Å². The summed E-state index contributed by atoms with van der Waals surface area (Å²) in [6.45, 7) is 4.38. The Balaban J connectivity index is 1.93. The van der Waals surface area contributed by atoms with E-state index in [1.54, 1.807) is 18.0 Å². The Morgan fingerprint density at radius 2 is 1.88 bits per heavy atom. The van der Waals surface area contributed by atoms with E-state index in [2.05, 4.69) is 24.4 Å². The zero-order valence-corrected chi connectivity index (χ0v) is 14.6. The molecule has 1 amide bonds. The van der Waals surface area contributed by atoms with E-state index in [9.17, 15) is 9.18 Å². The molecule has 1 unspecified atom stereocenters. The molecule has 2 aromatic carbocycles. The van der Waals surface area contributed by atoms with Crippen molar-refractivity contribution in [2.24, 2.45) is 0 Å². The summed E-state index contributed by atoms with van der Waals surface area (Å²) in [7, 11) is 1.73. The van der Waals surface area contributed by atoms with Crippen molar-refractivity contribution in [3.8, 4) is 0 Å². The zero-order chi connectivity index (χ0) is 17.5. The van der Waals surface area contributed by atoms with Gasteiger partial charge in [0.1, 0.15) is 11.9 Å². The second-order valence-electron chi connectivity index (χ2n) is 6.14. The van der Waals surface area contributed by atoms with Crippen LogP contribution in [-0.4, -0.2) is 23.9 Å². The first-order chi connectivity index (χ1) is 11.5. The molecule has 0 aliphatic carbocycles. The van der Waals surface area contributed by atoms with E-state index >= 15 is 0 Å². The molecule has 0 saturated heterocycles. The van der Waals surface area contributed by atoms with Crippen LogP contribution in [0.25, 0.3) is 0 Å². The second-order valence-corrected chi connectivity index (χ2v) is 6.14. The smallest absolute Gasteiger partial charge is 0.244 e. The monoisotopic (exact) mass is 328 g/mol. The summed E-state index contributed by atoms with van der Waals surface area (Å²) in [4.78, 5) is 14.1. The molecular weight excluding hydrogens is 303 g/mol. The van der Waals surface area contributed by atoms with Gasteiger partial charge < -0.3 is 10.2 Å². The maximum atomic E-state index is 13.2. The highest BCUT2D eigenvalue weighted by Crippen LogP contribution is 2.13. The van der Waals surface area contributed by atoms with Crippen molar-refractivity contribution in [1.29, 1.82) is 0 Å². The van der Waals surface area contributed by atoms with E-state index in [0.29, 0.717) is 6.54 Å². The van der Waals surface area contributed by atoms with E-state index in [0.717, 1.165) is 24.1 Å². The van der Waals surface area contributed by atoms with Crippen LogP contribution in [0, 0.1) is 5.82 Å². The summed E-state index contributed by atoms with van der Waals surface area (Å²) in [5, 5.41) is 3.22. The number of benzene rings is 2. The number of nitrogens with zero attached hydrogens (tertiary/aromatic N) is 1. The van der Waals surface area contributed by atoms with Gasteiger partial charge in [-0.25, -0.2) is 4.39 Å². The molecule has 24 heavy (non-hydrogen) atoms. The van der Waals surface area contributed by atoms with Gasteiger partial charge in [0.2, 0.25) is 5.91 Å². The van der Waals surface area contributed by atoms with Crippen molar-refractivity contribution < 1.29 is 9.18 Å². The number of amides is 1. The summed E-state index contributed by atoms with van der Waals surface area (Å²) in [5.41, 5.74) is 3.00. The Morgan fingerprint density at radius 3 is 2.50 bits per heavy atom. The number of halogens is 1. The van der Waals surface area contributed by atoms with Crippen LogP contribution in [0.15, 0.2) is 48.5 Å². The zero-order valence-electron chi connectivity index (χ0n) is 14.6. The lowest BCUT2D eigenvalue weighted by atomic mass is 10.1. The first kappa shape index (κ1) is 18.0. The van der Waals surface area contributed by atoms with Gasteiger partial charge in [-0.1, -0.05) is 37.6 Å². The minimum atomic E-state index is -0.347. The van der Waals surface area contributed by atoms with Crippen molar-refractivity contribution in [1.82, 2.24) is 4.90 Å². The molecular formula is C20H25FN2O. The minimum Gasteiger partial charge on any atom is -0.374 e. The summed E-state index contributed by atoms with van der Waals surface area (Å²) in [5.74, 6) is -0.316. The largest absolute Gasteiger partial charge is 0.374 e. The fourth-order valence-electron chi connectivity index (χ4n) is 2.69. The molecule has 2 rings (SSSR count). The number of nitrogens with one attached hydrogen (secondary N) is 1. The van der Waals surface area contributed by atoms with Gasteiger partial charge in [0.25, 0.3) is 0 Å². The summed E-state index contributed by atoms with van der Waals surface area (Å²) < 4.78 is 13.2. The molecule has 0 spiro atoms. The Bertz CT molecular complexity index is 670. The lowest BCUT2D eigenvalue weighted by Crippen LogP contribution is -2.38. The molecule has 0 radical (unpaired) electrons. The Hall–Kier alpha value is -2.36. The Morgan fingerprint density at radius 1 is 1.17 bits per heavy atom. The van der Waals surface area contributed by atoms with Gasteiger partial charge in [0.15, 0.2) is 0 Å². The Kier molecular flexibility index (Phi) is 6.36. The fourth-order valence-corrected chi connectivity index (χ4v) is 2.69. The van der Waals surface area contributed by atoms with Crippen molar-refractivity contribution in [2.45, 2.75) is 39.3 Å². The van der Waals surface area contributed by atoms with Crippen LogP contribution in [0.4, 0.5) is 10.1 Å². The molecule has 0 bridgehead atoms. The number of aryl methyl sites for hydroxylation is 1. The van der Waals surface area contributed by atoms with Gasteiger partial charge in [-0.2, -0.15) is 0 Å². The second kappa shape index (κ2) is 8.48. The van der Waals surface area contributed by atoms with Crippen LogP contribution in [0.3, 0.4) is 0 Å². The molecule has 0 fully saturated rings. The lowest BCUT2D eigenvalue weighted by molar-refractivity contribution is -0.130. The van der Waals surface area contributed by atoms with Gasteiger partial charge >= 0.3 is 0 Å². The van der Waals surface area contributed by atoms with E-state index in [1.807, 2.05) is 25.1 Å². The third-order valence-electron chi connectivity index (χ3n) is 3.93. The molecule has 0 saturated carbocycles. The summed E-state index contributed by atoms with van der Waals surface area (Å²) in [6.07, 6.45) is 2.18. The predicted octanol–water partition coefficient (Wildman–Crippen LogP) is 4.24. The number of carbonyl (C=O) groups excluding carboxylic acids is 1. The maximum Gasteiger partial charge on any atom is 0.244 e. The van der Waals surface area contributed by atoms with E-state index in [4.69, 9.17) is 0 Å². The van der Waals surface area contributed by atoms with Gasteiger partial charge in [-0.15, -0.1) is 0 Å². The molecule has 4 heteroatoms. The van der Waals surface area contributed by atoms with Crippen LogP contribution in [0.2, 0.25) is 0 Å². The molecule has 0 aromatic heterocycles. The highest BCUT2D eigenvalue weighted by atomic mass is 19.1. The number of carbonyl (C=O) groups is 1. The van der Waals surface area contributed by atoms with Crippen molar-refractivity contribution in [2.75, 3.05) is 12.4 Å². The third-order valence-corrected chi connectivity index (χ3v) is 3.93. The molecule has 1 atom stereocenters. The van der Waals surface area contributed by atoms with Crippen LogP contribution in [-0.2, 0) is 17.8 Å². The van der Waals surface area contributed by atoms with Crippen LogP contribution in [0.1, 0.15) is 31.4 Å². The minimum absolute atomic E-state index is 0.0307. The Labute approximate surface area is 143 Å². The fraction of sp³-hybridized carbons (Fsp3) is 0.350. The van der Waals surface area contributed by atoms with Gasteiger partial charge in [-0.05, 0) is 48.7 Å². The summed E-state index contributed by atoms with van der Waals surface area (Å²) >= 11 is 0. The number of hydrogen-bond donors (Lipinski definition) is 1. The molecule has 1 N–H and O–H groups in total. The van der Waals surface area contributed by atoms with Gasteiger partial charge in [0.05, 0.1) is 0 Å². The van der Waals surface area contributed by atoms with Crippen LogP contribution in [0.5, 0.6) is 0 Å². The van der Waals surface area contributed by atoms with Gasteiger partial charge in [0, 0.05) is 19.3 Å². The molecule has 2 aromatic rings. The molecule has 0 aliphatic heterocycles. The SMILES string of the molecule is CCCc1ccc(NC(C)C(=O)N(C)Cc2cccc(F)c2)cc1. The molecule has 128 valence electrons. The van der Waals surface area contributed by atoms with E-state index in [1.165, 1.54) is 17.7 Å². The molecule has 3 nitrogen and oxygen atoms in total. The molecule has 0 heterocycles. The predicted molar refractivity (Wildman–Crippen MR) is 96.4 cm³/mol. The van der Waals surface area contributed by atoms with E-state index < -0.39 is 0 Å². The number of hydrogen-bond acceptors (Lipinski definition) is 2. The average Bonchev–Trinajstić information content (AvgIpc) is 2.56. The standard InChI is InChI=1S/C20H25FN2O/c1-4-6-16-9-11-19(12-10-16)22-15(2)20(24)23(3)14-17-7-5-8-18(21)13-17/h5,7-13,15,22H,4,6,14H2,1-3H3. The molecule has 0 aliphatic rings. The van der Waals surface area contributed by atoms with Crippen molar-refractivity contribution in [3.63, 3.8) is 0 Å². The maximum absolute atomic E-state index is 13.2. The van der Waals surface area contributed by atoms with Crippen molar-refractivity contribution in [3.05, 3.63) is 65.5 Å². The lowest BCUT2D eigenvalue weighted by Gasteiger charge is -2.23. The number of anilines is 1. The normalized spacial score (nSPS) is 11.8. The number of likely N-dealkylation sites (N-methyl/N-ethyl adjacent to an activating group) is 1. The summed E-state index contributed by atoms with van der Waals surface area (Å²) in [6, 6.07) is 14.1. The van der Waals surface area contributed by atoms with E-state index in [-0.39, 0.29) is 17.8 Å². The van der Waals surface area contributed by atoms with Crippen LogP contribution < -0.4 is 5.32 Å². The average molecular weight is 328 g/mol.